The van der Waals surface area contributed by atoms with Crippen molar-refractivity contribution in [1.29, 1.82) is 0 Å². The molecule has 1 N–H and O–H groups in total. The number of rotatable bonds is 10. The second-order valence-corrected chi connectivity index (χ2v) is 19.5. The van der Waals surface area contributed by atoms with Crippen LogP contribution >= 0.6 is 15.9 Å². The lowest BCUT2D eigenvalue weighted by molar-refractivity contribution is -0.120. The van der Waals surface area contributed by atoms with E-state index in [1.165, 1.54) is 19.1 Å². The molecule has 2 atom stereocenters. The van der Waals surface area contributed by atoms with Gasteiger partial charge in [-0.25, -0.2) is 13.6 Å². The van der Waals surface area contributed by atoms with Gasteiger partial charge >= 0.3 is 6.09 Å². The number of nitrogens with one attached hydrogen (secondary N) is 1. The highest BCUT2D eigenvalue weighted by Gasteiger charge is 2.54. The molecule has 2 aromatic carbocycles. The fourth-order valence-electron chi connectivity index (χ4n) is 4.85. The molecule has 1 aliphatic rings. The molecular weight excluding hydrogens is 622 g/mol. The number of ether oxygens (including phenoxy) is 1. The molecule has 10 heteroatoms. The van der Waals surface area contributed by atoms with E-state index in [-0.39, 0.29) is 23.9 Å². The van der Waals surface area contributed by atoms with Gasteiger partial charge in [-0.2, -0.15) is 0 Å². The van der Waals surface area contributed by atoms with E-state index < -0.39 is 49.3 Å². The van der Waals surface area contributed by atoms with Crippen molar-refractivity contribution in [3.05, 3.63) is 69.7 Å². The Morgan fingerprint density at radius 2 is 1.64 bits per heavy atom. The smallest absolute Gasteiger partial charge is 0.411 e. The van der Waals surface area contributed by atoms with Crippen molar-refractivity contribution in [2.24, 2.45) is 0 Å². The van der Waals surface area contributed by atoms with Crippen LogP contribution < -0.4 is 5.32 Å². The summed E-state index contributed by atoms with van der Waals surface area (Å²) in [6, 6.07) is 10.5. The summed E-state index contributed by atoms with van der Waals surface area (Å²) < 4.78 is 42.2. The Labute approximate surface area is 258 Å². The Morgan fingerprint density at radius 1 is 1.05 bits per heavy atom. The van der Waals surface area contributed by atoms with E-state index in [2.05, 4.69) is 55.1 Å². The maximum atomic E-state index is 14.2. The molecule has 3 rings (SSSR count). The largest absolute Gasteiger partial charge is 0.444 e. The Morgan fingerprint density at radius 3 is 2.12 bits per heavy atom. The van der Waals surface area contributed by atoms with E-state index in [9.17, 15) is 18.4 Å². The van der Waals surface area contributed by atoms with Crippen LogP contribution in [0.25, 0.3) is 0 Å². The van der Waals surface area contributed by atoms with Gasteiger partial charge in [0.15, 0.2) is 8.32 Å². The maximum Gasteiger partial charge on any atom is 0.411 e. The number of benzene rings is 2. The topological polar surface area (TPSA) is 67.9 Å². The van der Waals surface area contributed by atoms with Gasteiger partial charge in [-0.05, 0) is 93.6 Å². The lowest BCUT2D eigenvalue weighted by Gasteiger charge is -2.44. The molecule has 0 bridgehead atoms. The number of carbonyl (C=O) groups is 2. The third kappa shape index (κ3) is 8.86. The number of carbonyl (C=O) groups excluding carboxylic acids is 2. The number of hydrogen-bond acceptors (Lipinski definition) is 4. The molecule has 1 fully saturated rings. The fourth-order valence-corrected chi connectivity index (χ4v) is 6.60. The van der Waals surface area contributed by atoms with Gasteiger partial charge in [-0.1, -0.05) is 48.8 Å². The highest BCUT2D eigenvalue weighted by atomic mass is 79.9. The molecule has 2 unspecified atom stereocenters. The van der Waals surface area contributed by atoms with Gasteiger partial charge in [0.2, 0.25) is 5.91 Å². The molecular formula is C32H45BrF2N2O4Si. The van der Waals surface area contributed by atoms with Crippen LogP contribution in [-0.2, 0) is 25.9 Å². The second kappa shape index (κ2) is 12.7. The minimum atomic E-state index is -2.48. The van der Waals surface area contributed by atoms with Crippen molar-refractivity contribution in [3.63, 3.8) is 0 Å². The monoisotopic (exact) mass is 666 g/mol. The van der Waals surface area contributed by atoms with E-state index in [1.807, 2.05) is 45.0 Å². The van der Waals surface area contributed by atoms with Crippen LogP contribution in [0.1, 0.15) is 72.4 Å². The molecule has 2 amide bonds. The van der Waals surface area contributed by atoms with Crippen molar-refractivity contribution in [2.75, 3.05) is 6.54 Å². The fraction of sp³-hybridized carbons (Fsp3) is 0.562. The first-order valence-electron chi connectivity index (χ1n) is 14.4. The Balaban J connectivity index is 2.13. The van der Waals surface area contributed by atoms with Gasteiger partial charge < -0.3 is 14.5 Å². The first-order valence-corrected chi connectivity index (χ1v) is 18.1. The predicted molar refractivity (Wildman–Crippen MR) is 168 cm³/mol. The Kier molecular flexibility index (Phi) is 10.4. The summed E-state index contributed by atoms with van der Waals surface area (Å²) >= 11 is 3.57. The van der Waals surface area contributed by atoms with Gasteiger partial charge in [-0.3, -0.25) is 9.69 Å². The SMILES string of the molecule is CC(=O)NC(Cc1cc(F)cc(F)c1)C(CN(C(=O)OC(C)(C)C)C1(c2cccc(Br)c2)CC1)O[Si](C)(C)C(C)(C)C. The molecule has 0 heterocycles. The minimum absolute atomic E-state index is 0.108. The van der Waals surface area contributed by atoms with Crippen molar-refractivity contribution in [1.82, 2.24) is 10.2 Å². The third-order valence-corrected chi connectivity index (χ3v) is 13.0. The van der Waals surface area contributed by atoms with E-state index in [0.29, 0.717) is 5.56 Å². The molecule has 0 aliphatic heterocycles. The number of halogens is 3. The molecule has 2 aromatic rings. The van der Waals surface area contributed by atoms with Crippen LogP contribution in [0.3, 0.4) is 0 Å². The van der Waals surface area contributed by atoms with Crippen LogP contribution in [0.4, 0.5) is 13.6 Å². The lowest BCUT2D eigenvalue weighted by Crippen LogP contribution is -2.58. The van der Waals surface area contributed by atoms with Crippen LogP contribution in [0.5, 0.6) is 0 Å². The zero-order chi connectivity index (χ0) is 31.7. The highest BCUT2D eigenvalue weighted by Crippen LogP contribution is 2.52. The molecule has 42 heavy (non-hydrogen) atoms. The molecule has 1 aliphatic carbocycles. The van der Waals surface area contributed by atoms with Crippen LogP contribution in [0.15, 0.2) is 46.9 Å². The van der Waals surface area contributed by atoms with Crippen LogP contribution in [-0.4, -0.2) is 49.5 Å². The Bertz CT molecular complexity index is 1270. The average Bonchev–Trinajstić information content (AvgIpc) is 3.60. The third-order valence-electron chi connectivity index (χ3n) is 8.05. The second-order valence-electron chi connectivity index (χ2n) is 13.8. The molecule has 232 valence electrons. The maximum absolute atomic E-state index is 14.2. The molecule has 0 aromatic heterocycles. The van der Waals surface area contributed by atoms with Crippen molar-refractivity contribution < 1.29 is 27.5 Å². The molecule has 6 nitrogen and oxygen atoms in total. The normalized spacial score (nSPS) is 16.4. The minimum Gasteiger partial charge on any atom is -0.444 e. The molecule has 0 saturated heterocycles. The summed E-state index contributed by atoms with van der Waals surface area (Å²) in [4.78, 5) is 28.2. The number of hydrogen-bond donors (Lipinski definition) is 1. The zero-order valence-electron chi connectivity index (χ0n) is 26.2. The van der Waals surface area contributed by atoms with Gasteiger partial charge in [0.05, 0.1) is 24.2 Å². The number of amides is 2. The van der Waals surface area contributed by atoms with E-state index in [4.69, 9.17) is 9.16 Å². The van der Waals surface area contributed by atoms with E-state index in [0.717, 1.165) is 28.9 Å². The summed E-state index contributed by atoms with van der Waals surface area (Å²) in [7, 11) is -2.48. The van der Waals surface area contributed by atoms with Crippen molar-refractivity contribution in [3.8, 4) is 0 Å². The summed E-state index contributed by atoms with van der Waals surface area (Å²) in [6.45, 7) is 17.5. The first-order chi connectivity index (χ1) is 19.2. The predicted octanol–water partition coefficient (Wildman–Crippen LogP) is 8.09. The van der Waals surface area contributed by atoms with Crippen molar-refractivity contribution in [2.45, 2.75) is 109 Å². The zero-order valence-corrected chi connectivity index (χ0v) is 28.8. The van der Waals surface area contributed by atoms with Gasteiger partial charge in [-0.15, -0.1) is 0 Å². The standard InChI is InChI=1S/C32H45BrF2N2O4Si/c1-21(38)36-27(17-22-15-25(34)19-26(35)16-22)28(41-42(8,9)31(5,6)7)20-37(29(39)40-30(2,3)4)32(13-14-32)23-11-10-12-24(33)18-23/h10-12,15-16,18-19,27-28H,13-14,17,20H2,1-9H3,(H,36,38). The van der Waals surface area contributed by atoms with Gasteiger partial charge in [0, 0.05) is 17.5 Å². The molecule has 1 saturated carbocycles. The number of nitrogens with zero attached hydrogens (tertiary/aromatic N) is 1. The van der Waals surface area contributed by atoms with Gasteiger partial charge in [0.1, 0.15) is 17.2 Å². The summed E-state index contributed by atoms with van der Waals surface area (Å²) in [5.41, 5.74) is -0.00860. The van der Waals surface area contributed by atoms with Gasteiger partial charge in [0.25, 0.3) is 0 Å². The van der Waals surface area contributed by atoms with E-state index >= 15 is 0 Å². The van der Waals surface area contributed by atoms with Crippen LogP contribution in [0.2, 0.25) is 18.1 Å². The summed E-state index contributed by atoms with van der Waals surface area (Å²) in [5, 5.41) is 2.80. The lowest BCUT2D eigenvalue weighted by atomic mass is 9.98. The first kappa shape index (κ1) is 34.2. The Hall–Kier alpha value is -2.30. The van der Waals surface area contributed by atoms with Crippen LogP contribution in [0, 0.1) is 11.6 Å². The average molecular weight is 668 g/mol. The molecule has 0 spiro atoms. The summed E-state index contributed by atoms with van der Waals surface area (Å²) in [5.74, 6) is -1.71. The summed E-state index contributed by atoms with van der Waals surface area (Å²) in [6.07, 6.45) is 0.394. The quantitative estimate of drug-likeness (QED) is 0.260. The van der Waals surface area contributed by atoms with E-state index in [1.54, 1.807) is 4.90 Å². The van der Waals surface area contributed by atoms with Crippen molar-refractivity contribution >= 4 is 36.2 Å². The molecule has 0 radical (unpaired) electrons. The highest BCUT2D eigenvalue weighted by molar-refractivity contribution is 9.10.